The van der Waals surface area contributed by atoms with Gasteiger partial charge in [0.25, 0.3) is 11.5 Å². The van der Waals surface area contributed by atoms with Crippen molar-refractivity contribution < 1.29 is 9.53 Å². The van der Waals surface area contributed by atoms with Gasteiger partial charge in [-0.25, -0.2) is 0 Å². The molecule has 0 spiro atoms. The van der Waals surface area contributed by atoms with Crippen molar-refractivity contribution in [2.75, 3.05) is 12.4 Å². The number of nitrogens with one attached hydrogen (secondary N) is 1. The number of nitrogens with zero attached hydrogens (tertiary/aromatic N) is 3. The van der Waals surface area contributed by atoms with Gasteiger partial charge in [-0.05, 0) is 44.5 Å². The molecule has 27 heavy (non-hydrogen) atoms. The molecule has 1 aromatic carbocycles. The molecule has 0 saturated heterocycles. The zero-order valence-corrected chi connectivity index (χ0v) is 16.0. The first-order valence-electron chi connectivity index (χ1n) is 8.52. The summed E-state index contributed by atoms with van der Waals surface area (Å²) in [7, 11) is 3.35. The van der Waals surface area contributed by atoms with Gasteiger partial charge in [-0.3, -0.25) is 18.8 Å². The van der Waals surface area contributed by atoms with E-state index >= 15 is 0 Å². The fourth-order valence-electron chi connectivity index (χ4n) is 3.05. The van der Waals surface area contributed by atoms with Crippen LogP contribution < -0.4 is 15.6 Å². The number of amides is 1. The van der Waals surface area contributed by atoms with Gasteiger partial charge in [-0.2, -0.15) is 5.10 Å². The third kappa shape index (κ3) is 3.23. The topological polar surface area (TPSA) is 78.2 Å². The van der Waals surface area contributed by atoms with E-state index in [0.29, 0.717) is 28.4 Å². The van der Waals surface area contributed by atoms with Crippen LogP contribution in [0.2, 0.25) is 0 Å². The second-order valence-electron chi connectivity index (χ2n) is 6.34. The highest BCUT2D eigenvalue weighted by molar-refractivity contribution is 6.05. The van der Waals surface area contributed by atoms with Crippen molar-refractivity contribution in [2.24, 2.45) is 7.05 Å². The van der Waals surface area contributed by atoms with E-state index in [0.717, 1.165) is 5.69 Å². The van der Waals surface area contributed by atoms with Crippen LogP contribution in [-0.2, 0) is 7.05 Å². The minimum absolute atomic E-state index is 0.0889. The van der Waals surface area contributed by atoms with Crippen molar-refractivity contribution in [1.82, 2.24) is 14.3 Å². The first kappa shape index (κ1) is 18.4. The van der Waals surface area contributed by atoms with Gasteiger partial charge in [-0.1, -0.05) is 12.1 Å². The maximum atomic E-state index is 13.1. The van der Waals surface area contributed by atoms with Gasteiger partial charge in [-0.15, -0.1) is 0 Å². The molecule has 3 aromatic rings. The fourth-order valence-corrected chi connectivity index (χ4v) is 3.05. The molecule has 0 saturated carbocycles. The molecule has 3 rings (SSSR count). The van der Waals surface area contributed by atoms with Crippen LogP contribution in [-0.4, -0.2) is 27.4 Å². The molecule has 0 aliphatic carbocycles. The van der Waals surface area contributed by atoms with Crippen LogP contribution in [0.4, 0.5) is 5.69 Å². The summed E-state index contributed by atoms with van der Waals surface area (Å²) in [5.74, 6) is 0.0923. The largest absolute Gasteiger partial charge is 0.495 e. The summed E-state index contributed by atoms with van der Waals surface area (Å²) in [6.45, 7) is 5.42. The highest BCUT2D eigenvalue weighted by Crippen LogP contribution is 2.22. The molecule has 0 fully saturated rings. The first-order chi connectivity index (χ1) is 12.8. The van der Waals surface area contributed by atoms with E-state index in [4.69, 9.17) is 4.74 Å². The van der Waals surface area contributed by atoms with Gasteiger partial charge < -0.3 is 10.1 Å². The number of pyridine rings is 1. The number of methoxy groups -OCH3 is 1. The quantitative estimate of drug-likeness (QED) is 0.770. The van der Waals surface area contributed by atoms with E-state index in [1.807, 2.05) is 26.0 Å². The van der Waals surface area contributed by atoms with Gasteiger partial charge in [0.1, 0.15) is 11.3 Å². The number of aryl methyl sites for hydroxylation is 3. The Morgan fingerprint density at radius 1 is 1.15 bits per heavy atom. The maximum Gasteiger partial charge on any atom is 0.268 e. The minimum atomic E-state index is -0.457. The third-order valence-electron chi connectivity index (χ3n) is 4.62. The van der Waals surface area contributed by atoms with Gasteiger partial charge >= 0.3 is 0 Å². The Bertz CT molecular complexity index is 1080. The van der Waals surface area contributed by atoms with Gasteiger partial charge in [0.15, 0.2) is 0 Å². The summed E-state index contributed by atoms with van der Waals surface area (Å²) < 4.78 is 8.45. The Morgan fingerprint density at radius 2 is 1.85 bits per heavy atom. The fraction of sp³-hybridized carbons (Fsp3) is 0.250. The smallest absolute Gasteiger partial charge is 0.268 e. The number of para-hydroxylation sites is 2. The zero-order valence-electron chi connectivity index (χ0n) is 16.0. The predicted octanol–water partition coefficient (Wildman–Crippen LogP) is 2.76. The molecular weight excluding hydrogens is 344 g/mol. The molecule has 0 bridgehead atoms. The van der Waals surface area contributed by atoms with Crippen molar-refractivity contribution >= 4 is 11.6 Å². The standard InChI is InChI=1S/C20H22N4O3/c1-12-10-11-24(15-8-6-7-9-16(15)27-5)20(26)17(12)19(25)21-18-13(2)22-23(4)14(18)3/h6-11H,1-5H3,(H,21,25). The second-order valence-corrected chi connectivity index (χ2v) is 6.34. The average Bonchev–Trinajstić information content (AvgIpc) is 2.88. The molecule has 1 N–H and O–H groups in total. The van der Waals surface area contributed by atoms with E-state index in [2.05, 4.69) is 10.4 Å². The maximum absolute atomic E-state index is 13.1. The van der Waals surface area contributed by atoms with E-state index < -0.39 is 11.5 Å². The molecule has 0 radical (unpaired) electrons. The normalized spacial score (nSPS) is 10.7. The Kier molecular flexibility index (Phi) is 4.85. The lowest BCUT2D eigenvalue weighted by molar-refractivity contribution is 0.102. The molecule has 0 atom stereocenters. The van der Waals surface area contributed by atoms with Crippen molar-refractivity contribution in [3.63, 3.8) is 0 Å². The Morgan fingerprint density at radius 3 is 2.48 bits per heavy atom. The van der Waals surface area contributed by atoms with Crippen molar-refractivity contribution in [2.45, 2.75) is 20.8 Å². The van der Waals surface area contributed by atoms with E-state index in [9.17, 15) is 9.59 Å². The molecule has 2 aromatic heterocycles. The number of hydrogen-bond acceptors (Lipinski definition) is 4. The van der Waals surface area contributed by atoms with Crippen molar-refractivity contribution in [3.8, 4) is 11.4 Å². The van der Waals surface area contributed by atoms with Crippen LogP contribution in [0.5, 0.6) is 5.75 Å². The Labute approximate surface area is 157 Å². The number of rotatable bonds is 4. The molecule has 2 heterocycles. The molecular formula is C20H22N4O3. The Balaban J connectivity index is 2.08. The SMILES string of the molecule is COc1ccccc1-n1ccc(C)c(C(=O)Nc2c(C)nn(C)c2C)c1=O. The van der Waals surface area contributed by atoms with Crippen LogP contribution in [0.25, 0.3) is 5.69 Å². The van der Waals surface area contributed by atoms with E-state index in [1.54, 1.807) is 50.2 Å². The molecule has 7 heteroatoms. The third-order valence-corrected chi connectivity index (χ3v) is 4.62. The molecule has 0 aliphatic heterocycles. The predicted molar refractivity (Wildman–Crippen MR) is 104 cm³/mol. The number of hydrogen-bond donors (Lipinski definition) is 1. The number of benzene rings is 1. The van der Waals surface area contributed by atoms with Crippen molar-refractivity contribution in [1.29, 1.82) is 0 Å². The van der Waals surface area contributed by atoms with Crippen LogP contribution in [0.1, 0.15) is 27.3 Å². The lowest BCUT2D eigenvalue weighted by Crippen LogP contribution is -2.29. The van der Waals surface area contributed by atoms with Gasteiger partial charge in [0.05, 0.1) is 29.9 Å². The summed E-state index contributed by atoms with van der Waals surface area (Å²) in [6, 6.07) is 8.91. The highest BCUT2D eigenvalue weighted by atomic mass is 16.5. The minimum Gasteiger partial charge on any atom is -0.495 e. The first-order valence-corrected chi connectivity index (χ1v) is 8.52. The number of anilines is 1. The molecule has 1 amide bonds. The van der Waals surface area contributed by atoms with E-state index in [-0.39, 0.29) is 5.56 Å². The van der Waals surface area contributed by atoms with Crippen LogP contribution in [0.15, 0.2) is 41.3 Å². The number of carbonyl (C=O) groups is 1. The molecule has 7 nitrogen and oxygen atoms in total. The summed E-state index contributed by atoms with van der Waals surface area (Å²) in [6.07, 6.45) is 1.65. The lowest BCUT2D eigenvalue weighted by atomic mass is 10.1. The zero-order chi connectivity index (χ0) is 19.7. The Hall–Kier alpha value is -3.35. The van der Waals surface area contributed by atoms with Crippen LogP contribution in [0.3, 0.4) is 0 Å². The molecule has 0 unspecified atom stereocenters. The number of aromatic nitrogens is 3. The van der Waals surface area contributed by atoms with Crippen LogP contribution >= 0.6 is 0 Å². The molecule has 0 aliphatic rings. The average molecular weight is 366 g/mol. The summed E-state index contributed by atoms with van der Waals surface area (Å²) >= 11 is 0. The van der Waals surface area contributed by atoms with E-state index in [1.165, 1.54) is 4.57 Å². The lowest BCUT2D eigenvalue weighted by Gasteiger charge is -2.14. The van der Waals surface area contributed by atoms with Gasteiger partial charge in [0, 0.05) is 13.2 Å². The van der Waals surface area contributed by atoms with Crippen molar-refractivity contribution in [3.05, 3.63) is 69.4 Å². The highest BCUT2D eigenvalue weighted by Gasteiger charge is 2.20. The number of carbonyl (C=O) groups excluding carboxylic acids is 1. The number of ether oxygens (including phenoxy) is 1. The second kappa shape index (κ2) is 7.11. The van der Waals surface area contributed by atoms with Crippen LogP contribution in [0, 0.1) is 20.8 Å². The van der Waals surface area contributed by atoms with Gasteiger partial charge in [0.2, 0.25) is 0 Å². The monoisotopic (exact) mass is 366 g/mol. The summed E-state index contributed by atoms with van der Waals surface area (Å²) in [5, 5.41) is 7.13. The summed E-state index contributed by atoms with van der Waals surface area (Å²) in [4.78, 5) is 26.0. The summed E-state index contributed by atoms with van der Waals surface area (Å²) in [5.41, 5.74) is 2.99. The molecule has 140 valence electrons.